The molecule has 5 nitrogen and oxygen atoms in total. The van der Waals surface area contributed by atoms with Crippen LogP contribution in [-0.4, -0.2) is 19.6 Å². The van der Waals surface area contributed by atoms with Crippen LogP contribution in [0.5, 0.6) is 0 Å². The lowest BCUT2D eigenvalue weighted by molar-refractivity contribution is 0.257. The molecule has 7 heteroatoms. The highest BCUT2D eigenvalue weighted by atomic mass is 35.5. The molecule has 0 aromatic heterocycles. The van der Waals surface area contributed by atoms with Crippen molar-refractivity contribution >= 4 is 62.8 Å². The first-order valence-corrected chi connectivity index (χ1v) is 13.3. The summed E-state index contributed by atoms with van der Waals surface area (Å²) in [6.45, 7) is 4.51. The number of nitrogens with zero attached hydrogens (tertiary/aromatic N) is 1. The van der Waals surface area contributed by atoms with Crippen LogP contribution in [0.15, 0.2) is 66.7 Å². The van der Waals surface area contributed by atoms with Gasteiger partial charge in [-0.05, 0) is 66.3 Å². The second-order valence-corrected chi connectivity index (χ2v) is 9.72. The highest BCUT2D eigenvalue weighted by Crippen LogP contribution is 2.36. The van der Waals surface area contributed by atoms with Gasteiger partial charge in [0.2, 0.25) is 0 Å². The maximum absolute atomic E-state index is 14.0. The number of benzene rings is 4. The Morgan fingerprint density at radius 2 is 1.59 bits per heavy atom. The third-order valence-electron chi connectivity index (χ3n) is 6.71. The standard InChI is InChI=1S/C30H32Cl2N4O/c1-4-21-25(32)18-26(33)22(5-2)29(21)35-30(37)36(17-16-19-10-12-20(31)13-11-19)28-15-14-27(34-3)23-8-6-7-9-24(23)28/h6-15,18,34H,4-5,16-17,33H2,1-3H3,(H,35,37). The number of hydrogen-bond donors (Lipinski definition) is 3. The maximum atomic E-state index is 14.0. The van der Waals surface area contributed by atoms with Crippen molar-refractivity contribution in [3.05, 3.63) is 93.5 Å². The minimum Gasteiger partial charge on any atom is -0.398 e. The number of nitrogens with one attached hydrogen (secondary N) is 2. The number of rotatable bonds is 8. The topological polar surface area (TPSA) is 70.4 Å². The monoisotopic (exact) mass is 534 g/mol. The number of urea groups is 1. The van der Waals surface area contributed by atoms with Crippen LogP contribution in [0.3, 0.4) is 0 Å². The molecule has 4 N–H and O–H groups in total. The molecule has 0 heterocycles. The lowest BCUT2D eigenvalue weighted by Crippen LogP contribution is -2.37. The van der Waals surface area contributed by atoms with Crippen molar-refractivity contribution in [3.8, 4) is 0 Å². The van der Waals surface area contributed by atoms with Gasteiger partial charge in [0.05, 0.1) is 11.4 Å². The zero-order valence-corrected chi connectivity index (χ0v) is 22.9. The highest BCUT2D eigenvalue weighted by molar-refractivity contribution is 6.32. The zero-order chi connectivity index (χ0) is 26.5. The number of carbonyl (C=O) groups excluding carboxylic acids is 1. The van der Waals surface area contributed by atoms with Gasteiger partial charge in [-0.1, -0.05) is 73.4 Å². The fourth-order valence-electron chi connectivity index (χ4n) is 4.77. The van der Waals surface area contributed by atoms with E-state index >= 15 is 0 Å². The fourth-order valence-corrected chi connectivity index (χ4v) is 5.24. The molecule has 0 saturated carbocycles. The van der Waals surface area contributed by atoms with Gasteiger partial charge in [-0.15, -0.1) is 0 Å². The van der Waals surface area contributed by atoms with E-state index in [2.05, 4.69) is 16.7 Å². The van der Waals surface area contributed by atoms with Crippen LogP contribution in [0.1, 0.15) is 30.5 Å². The van der Waals surface area contributed by atoms with E-state index in [1.165, 1.54) is 0 Å². The minimum atomic E-state index is -0.234. The predicted octanol–water partition coefficient (Wildman–Crippen LogP) is 8.18. The second-order valence-electron chi connectivity index (χ2n) is 8.87. The third-order valence-corrected chi connectivity index (χ3v) is 7.29. The van der Waals surface area contributed by atoms with Crippen LogP contribution in [-0.2, 0) is 19.3 Å². The number of nitrogens with two attached hydrogens (primary N) is 1. The van der Waals surface area contributed by atoms with Gasteiger partial charge in [-0.25, -0.2) is 4.79 Å². The molecular formula is C30H32Cl2N4O. The average molecular weight is 536 g/mol. The Balaban J connectivity index is 1.79. The van der Waals surface area contributed by atoms with E-state index in [9.17, 15) is 4.79 Å². The number of carbonyl (C=O) groups is 1. The van der Waals surface area contributed by atoms with Crippen LogP contribution >= 0.6 is 23.2 Å². The molecular weight excluding hydrogens is 503 g/mol. The molecule has 4 aromatic rings. The Hall–Kier alpha value is -3.41. The summed E-state index contributed by atoms with van der Waals surface area (Å²) in [6.07, 6.45) is 2.01. The zero-order valence-electron chi connectivity index (χ0n) is 21.4. The number of amides is 2. The Labute approximate surface area is 228 Å². The number of anilines is 4. The molecule has 4 rings (SSSR count). The lowest BCUT2D eigenvalue weighted by atomic mass is 10.0. The average Bonchev–Trinajstić information content (AvgIpc) is 2.90. The summed E-state index contributed by atoms with van der Waals surface area (Å²) in [4.78, 5) is 15.8. The highest BCUT2D eigenvalue weighted by Gasteiger charge is 2.23. The Morgan fingerprint density at radius 1 is 0.919 bits per heavy atom. The molecule has 192 valence electrons. The molecule has 0 bridgehead atoms. The van der Waals surface area contributed by atoms with Crippen LogP contribution in [0.25, 0.3) is 10.8 Å². The summed E-state index contributed by atoms with van der Waals surface area (Å²) in [5.74, 6) is 0. The van der Waals surface area contributed by atoms with E-state index in [1.807, 2.05) is 75.5 Å². The van der Waals surface area contributed by atoms with Gasteiger partial charge in [-0.3, -0.25) is 4.90 Å². The van der Waals surface area contributed by atoms with E-state index in [4.69, 9.17) is 28.9 Å². The number of halogens is 2. The summed E-state index contributed by atoms with van der Waals surface area (Å²) >= 11 is 12.6. The second kappa shape index (κ2) is 11.8. The van der Waals surface area contributed by atoms with Gasteiger partial charge in [0.1, 0.15) is 0 Å². The normalized spacial score (nSPS) is 10.9. The minimum absolute atomic E-state index is 0.234. The van der Waals surface area contributed by atoms with E-state index < -0.39 is 0 Å². The van der Waals surface area contributed by atoms with Crippen molar-refractivity contribution in [2.45, 2.75) is 33.1 Å². The van der Waals surface area contributed by atoms with E-state index in [0.29, 0.717) is 47.2 Å². The molecule has 0 aliphatic carbocycles. The first-order valence-electron chi connectivity index (χ1n) is 12.5. The lowest BCUT2D eigenvalue weighted by Gasteiger charge is -2.27. The first kappa shape index (κ1) is 26.6. The molecule has 0 aliphatic rings. The first-order chi connectivity index (χ1) is 17.9. The molecule has 0 fully saturated rings. The summed E-state index contributed by atoms with van der Waals surface area (Å²) in [5, 5.41) is 9.71. The summed E-state index contributed by atoms with van der Waals surface area (Å²) < 4.78 is 0. The number of hydrogen-bond acceptors (Lipinski definition) is 3. The summed E-state index contributed by atoms with van der Waals surface area (Å²) in [6, 6.07) is 21.3. The quantitative estimate of drug-likeness (QED) is 0.199. The van der Waals surface area contributed by atoms with Crippen molar-refractivity contribution in [1.29, 1.82) is 0 Å². The van der Waals surface area contributed by atoms with Crippen molar-refractivity contribution < 1.29 is 4.79 Å². The van der Waals surface area contributed by atoms with E-state index in [1.54, 1.807) is 11.0 Å². The van der Waals surface area contributed by atoms with E-state index in [0.717, 1.165) is 38.8 Å². The summed E-state index contributed by atoms with van der Waals surface area (Å²) in [5.41, 5.74) is 12.3. The molecule has 37 heavy (non-hydrogen) atoms. The SMILES string of the molecule is CCc1c(N)cc(Cl)c(CC)c1NC(=O)N(CCc1ccc(Cl)cc1)c1ccc(NC)c2ccccc12. The van der Waals surface area contributed by atoms with Crippen molar-refractivity contribution in [3.63, 3.8) is 0 Å². The maximum Gasteiger partial charge on any atom is 0.326 e. The summed E-state index contributed by atoms with van der Waals surface area (Å²) in [7, 11) is 1.90. The molecule has 2 amide bonds. The van der Waals surface area contributed by atoms with Gasteiger partial charge >= 0.3 is 6.03 Å². The molecule has 0 spiro atoms. The third kappa shape index (κ3) is 5.63. The largest absolute Gasteiger partial charge is 0.398 e. The number of fused-ring (bicyclic) bond motifs is 1. The predicted molar refractivity (Wildman–Crippen MR) is 160 cm³/mol. The molecule has 4 aromatic carbocycles. The van der Waals surface area contributed by atoms with Crippen molar-refractivity contribution in [2.75, 3.05) is 34.9 Å². The van der Waals surface area contributed by atoms with Crippen molar-refractivity contribution in [2.24, 2.45) is 0 Å². The molecule has 0 radical (unpaired) electrons. The Kier molecular flexibility index (Phi) is 8.47. The molecule has 0 aliphatic heterocycles. The molecule has 0 atom stereocenters. The van der Waals surface area contributed by atoms with Gasteiger partial charge in [0, 0.05) is 45.8 Å². The molecule has 0 saturated heterocycles. The van der Waals surface area contributed by atoms with Gasteiger partial charge < -0.3 is 16.4 Å². The van der Waals surface area contributed by atoms with Crippen LogP contribution in [0.4, 0.5) is 27.5 Å². The van der Waals surface area contributed by atoms with Crippen LogP contribution in [0, 0.1) is 0 Å². The van der Waals surface area contributed by atoms with Gasteiger partial charge in [0.15, 0.2) is 0 Å². The van der Waals surface area contributed by atoms with Crippen LogP contribution < -0.4 is 21.3 Å². The Bertz CT molecular complexity index is 1390. The van der Waals surface area contributed by atoms with E-state index in [-0.39, 0.29) is 6.03 Å². The Morgan fingerprint density at radius 3 is 2.24 bits per heavy atom. The molecule has 0 unspecified atom stereocenters. The van der Waals surface area contributed by atoms with Gasteiger partial charge in [0.25, 0.3) is 0 Å². The fraction of sp³-hybridized carbons (Fsp3) is 0.233. The van der Waals surface area contributed by atoms with Gasteiger partial charge in [-0.2, -0.15) is 0 Å². The number of nitrogen functional groups attached to an aromatic ring is 1. The smallest absolute Gasteiger partial charge is 0.326 e. The van der Waals surface area contributed by atoms with Crippen LogP contribution in [0.2, 0.25) is 10.0 Å². The van der Waals surface area contributed by atoms with Crippen molar-refractivity contribution in [1.82, 2.24) is 0 Å².